The molecule has 3 atom stereocenters. The summed E-state index contributed by atoms with van der Waals surface area (Å²) in [5, 5.41) is 0. The summed E-state index contributed by atoms with van der Waals surface area (Å²) in [6, 6.07) is 0. The number of ether oxygens (including phenoxy) is 1. The Kier molecular flexibility index (Phi) is 5.59. The van der Waals surface area contributed by atoms with Crippen LogP contribution in [0.4, 0.5) is 0 Å². The van der Waals surface area contributed by atoms with Gasteiger partial charge in [0.05, 0.1) is 6.61 Å². The first-order valence-corrected chi connectivity index (χ1v) is 9.16. The molecule has 0 aromatic heterocycles. The summed E-state index contributed by atoms with van der Waals surface area (Å²) in [6.07, 6.45) is 12.8. The van der Waals surface area contributed by atoms with Gasteiger partial charge < -0.3 is 4.74 Å². The van der Waals surface area contributed by atoms with Gasteiger partial charge in [-0.15, -0.1) is 0 Å². The van der Waals surface area contributed by atoms with E-state index in [-0.39, 0.29) is 0 Å². The maximum Gasteiger partial charge on any atom is 0.0646 e. The summed E-state index contributed by atoms with van der Waals surface area (Å²) in [6.45, 7) is 13.0. The van der Waals surface area contributed by atoms with Crippen molar-refractivity contribution in [1.29, 1.82) is 0 Å². The maximum absolute atomic E-state index is 5.18. The summed E-state index contributed by atoms with van der Waals surface area (Å²) in [5.74, 6) is 1.62. The van der Waals surface area contributed by atoms with E-state index in [1.165, 1.54) is 44.1 Å². The van der Waals surface area contributed by atoms with Gasteiger partial charge >= 0.3 is 0 Å². The number of hydrogen-bond acceptors (Lipinski definition) is 1. The summed E-state index contributed by atoms with van der Waals surface area (Å²) in [4.78, 5) is 0. The van der Waals surface area contributed by atoms with E-state index >= 15 is 0 Å². The average Bonchev–Trinajstić information content (AvgIpc) is 2.47. The molecule has 0 N–H and O–H groups in total. The van der Waals surface area contributed by atoms with Gasteiger partial charge in [0, 0.05) is 7.11 Å². The van der Waals surface area contributed by atoms with Crippen LogP contribution >= 0.6 is 0 Å². The molecule has 0 aromatic rings. The van der Waals surface area contributed by atoms with Crippen LogP contribution in [0.5, 0.6) is 0 Å². The second-order valence-corrected chi connectivity index (χ2v) is 8.64. The van der Waals surface area contributed by atoms with E-state index in [1.54, 1.807) is 12.7 Å². The summed E-state index contributed by atoms with van der Waals surface area (Å²) in [7, 11) is 1.77. The third-order valence-electron chi connectivity index (χ3n) is 6.74. The van der Waals surface area contributed by atoms with Gasteiger partial charge in [0.25, 0.3) is 0 Å². The predicted octanol–water partition coefficient (Wildman–Crippen LogP) is 6.16. The van der Waals surface area contributed by atoms with E-state index in [2.05, 4.69) is 46.8 Å². The Balaban J connectivity index is 2.17. The van der Waals surface area contributed by atoms with Gasteiger partial charge in [0.15, 0.2) is 0 Å². The Bertz CT molecular complexity index is 443. The lowest BCUT2D eigenvalue weighted by Crippen LogP contribution is -2.43. The van der Waals surface area contributed by atoms with Crippen LogP contribution in [0, 0.1) is 22.7 Å². The van der Waals surface area contributed by atoms with Crippen LogP contribution in [0.2, 0.25) is 0 Å². The van der Waals surface area contributed by atoms with Crippen molar-refractivity contribution in [2.24, 2.45) is 22.7 Å². The van der Waals surface area contributed by atoms with Gasteiger partial charge in [-0.25, -0.2) is 0 Å². The maximum atomic E-state index is 5.18. The molecule has 1 saturated carbocycles. The highest BCUT2D eigenvalue weighted by atomic mass is 16.5. The van der Waals surface area contributed by atoms with E-state index in [0.29, 0.717) is 10.8 Å². The van der Waals surface area contributed by atoms with Crippen molar-refractivity contribution in [3.63, 3.8) is 0 Å². The van der Waals surface area contributed by atoms with E-state index in [9.17, 15) is 0 Å². The fourth-order valence-corrected chi connectivity index (χ4v) is 4.71. The Morgan fingerprint density at radius 3 is 2.73 bits per heavy atom. The molecular weight excluding hydrogens is 268 g/mol. The quantitative estimate of drug-likeness (QED) is 0.553. The zero-order valence-electron chi connectivity index (χ0n) is 15.7. The van der Waals surface area contributed by atoms with Crippen LogP contribution in [0.3, 0.4) is 0 Å². The van der Waals surface area contributed by atoms with Crippen LogP contribution in [0.25, 0.3) is 0 Å². The fraction of sp³-hybridized carbons (Fsp3) is 0.810. The second kappa shape index (κ2) is 6.91. The zero-order valence-corrected chi connectivity index (χ0v) is 15.7. The van der Waals surface area contributed by atoms with Gasteiger partial charge in [-0.05, 0) is 68.1 Å². The monoisotopic (exact) mass is 304 g/mol. The van der Waals surface area contributed by atoms with Crippen LogP contribution in [-0.2, 0) is 4.74 Å². The van der Waals surface area contributed by atoms with E-state index in [1.807, 2.05) is 0 Å². The molecule has 0 bridgehead atoms. The predicted molar refractivity (Wildman–Crippen MR) is 96.0 cm³/mol. The molecule has 0 saturated heterocycles. The lowest BCUT2D eigenvalue weighted by atomic mass is 9.52. The summed E-state index contributed by atoms with van der Waals surface area (Å²) >= 11 is 0. The largest absolute Gasteiger partial charge is 0.381 e. The van der Waals surface area contributed by atoms with Crippen LogP contribution < -0.4 is 0 Å². The van der Waals surface area contributed by atoms with E-state index in [0.717, 1.165) is 18.4 Å². The Labute approximate surface area is 138 Å². The SMILES string of the molecule is COC/C=C(\C)CC[C@]1(C)C2=CCCC(C)(C)[C@H]2CC[C@H]1C. The van der Waals surface area contributed by atoms with E-state index < -0.39 is 0 Å². The van der Waals surface area contributed by atoms with Crippen molar-refractivity contribution in [3.05, 3.63) is 23.3 Å². The first-order chi connectivity index (χ1) is 10.3. The molecule has 22 heavy (non-hydrogen) atoms. The molecule has 1 fully saturated rings. The zero-order chi connectivity index (χ0) is 16.4. The van der Waals surface area contributed by atoms with Crippen LogP contribution in [0.1, 0.15) is 73.1 Å². The van der Waals surface area contributed by atoms with Gasteiger partial charge in [0.1, 0.15) is 0 Å². The van der Waals surface area contributed by atoms with Crippen molar-refractivity contribution in [1.82, 2.24) is 0 Å². The number of fused-ring (bicyclic) bond motifs is 1. The normalized spacial score (nSPS) is 35.0. The number of rotatable bonds is 5. The third kappa shape index (κ3) is 3.50. The van der Waals surface area contributed by atoms with Crippen molar-refractivity contribution >= 4 is 0 Å². The number of hydrogen-bond donors (Lipinski definition) is 0. The molecule has 0 aromatic carbocycles. The molecule has 0 heterocycles. The first kappa shape index (κ1) is 17.8. The molecule has 0 amide bonds. The smallest absolute Gasteiger partial charge is 0.0646 e. The Morgan fingerprint density at radius 2 is 2.05 bits per heavy atom. The summed E-state index contributed by atoms with van der Waals surface area (Å²) in [5.41, 5.74) is 4.16. The fourth-order valence-electron chi connectivity index (χ4n) is 4.71. The van der Waals surface area contributed by atoms with Crippen LogP contribution in [0.15, 0.2) is 23.3 Å². The van der Waals surface area contributed by atoms with Gasteiger partial charge in [-0.1, -0.05) is 51.0 Å². The number of methoxy groups -OCH3 is 1. The molecule has 2 rings (SSSR count). The lowest BCUT2D eigenvalue weighted by molar-refractivity contribution is 0.0812. The molecule has 2 aliphatic carbocycles. The highest BCUT2D eigenvalue weighted by molar-refractivity contribution is 5.26. The third-order valence-corrected chi connectivity index (χ3v) is 6.74. The van der Waals surface area contributed by atoms with Gasteiger partial charge in [0.2, 0.25) is 0 Å². The highest BCUT2D eigenvalue weighted by Gasteiger charge is 2.47. The van der Waals surface area contributed by atoms with E-state index in [4.69, 9.17) is 4.74 Å². The Hall–Kier alpha value is -0.560. The lowest BCUT2D eigenvalue weighted by Gasteiger charge is -2.53. The minimum Gasteiger partial charge on any atom is -0.381 e. The van der Waals surface area contributed by atoms with Crippen molar-refractivity contribution in [2.45, 2.75) is 73.1 Å². The van der Waals surface area contributed by atoms with Crippen molar-refractivity contribution in [3.8, 4) is 0 Å². The highest BCUT2D eigenvalue weighted by Crippen LogP contribution is 2.58. The first-order valence-electron chi connectivity index (χ1n) is 9.16. The van der Waals surface area contributed by atoms with Crippen molar-refractivity contribution in [2.75, 3.05) is 13.7 Å². The molecule has 1 heteroatoms. The molecule has 1 nitrogen and oxygen atoms in total. The molecule has 0 radical (unpaired) electrons. The minimum absolute atomic E-state index is 0.392. The second-order valence-electron chi connectivity index (χ2n) is 8.64. The van der Waals surface area contributed by atoms with Gasteiger partial charge in [-0.2, -0.15) is 0 Å². The molecule has 2 aliphatic rings. The number of allylic oxidation sites excluding steroid dienone is 3. The molecule has 126 valence electrons. The molecule has 0 unspecified atom stereocenters. The standard InChI is InChI=1S/C21H36O/c1-16(12-15-22-6)11-14-21(5)17(2)9-10-18-19(21)8-7-13-20(18,3)4/h8,12,17-18H,7,9-11,13-15H2,1-6H3/b16-12+/t17-,18+,21+/m1/s1. The van der Waals surface area contributed by atoms with Gasteiger partial charge in [-0.3, -0.25) is 0 Å². The average molecular weight is 305 g/mol. The topological polar surface area (TPSA) is 9.23 Å². The molecule has 0 aliphatic heterocycles. The molecular formula is C21H36O. The summed E-state index contributed by atoms with van der Waals surface area (Å²) < 4.78 is 5.18. The van der Waals surface area contributed by atoms with Crippen LogP contribution in [-0.4, -0.2) is 13.7 Å². The minimum atomic E-state index is 0.392. The Morgan fingerprint density at radius 1 is 1.32 bits per heavy atom. The van der Waals surface area contributed by atoms with Crippen molar-refractivity contribution < 1.29 is 4.74 Å². The molecule has 0 spiro atoms.